The van der Waals surface area contributed by atoms with Crippen LogP contribution in [0.25, 0.3) is 0 Å². The molecule has 0 radical (unpaired) electrons. The van der Waals surface area contributed by atoms with Crippen LogP contribution in [0.1, 0.15) is 52.5 Å². The lowest BCUT2D eigenvalue weighted by Crippen LogP contribution is -2.56. The van der Waals surface area contributed by atoms with Crippen LogP contribution in [0.15, 0.2) is 42.0 Å². The van der Waals surface area contributed by atoms with Crippen molar-refractivity contribution in [2.75, 3.05) is 13.6 Å². The molecule has 1 fully saturated rings. The Bertz CT molecular complexity index is 731. The Morgan fingerprint density at radius 2 is 2.00 bits per heavy atom. The zero-order valence-corrected chi connectivity index (χ0v) is 18.6. The summed E-state index contributed by atoms with van der Waals surface area (Å²) in [5.41, 5.74) is 1.61. The van der Waals surface area contributed by atoms with Gasteiger partial charge >= 0.3 is 5.97 Å². The van der Waals surface area contributed by atoms with E-state index in [2.05, 4.69) is 62.2 Å². The van der Waals surface area contributed by atoms with Crippen LogP contribution in [0, 0.1) is 23.7 Å². The second kappa shape index (κ2) is 9.01. The molecule has 0 aliphatic heterocycles. The number of ether oxygens (including phenoxy) is 1. The van der Waals surface area contributed by atoms with E-state index >= 15 is 0 Å². The van der Waals surface area contributed by atoms with E-state index in [1.807, 2.05) is 6.92 Å². The molecule has 4 nitrogen and oxygen atoms in total. The number of benzene rings is 1. The smallest absolute Gasteiger partial charge is 0.303 e. The van der Waals surface area contributed by atoms with E-state index in [0.29, 0.717) is 18.3 Å². The molecule has 0 spiro atoms. The summed E-state index contributed by atoms with van der Waals surface area (Å²) in [4.78, 5) is 13.9. The number of nitrogens with zero attached hydrogens (tertiary/aromatic N) is 1. The monoisotopic (exact) mass is 399 g/mol. The number of aliphatic hydroxyl groups is 1. The van der Waals surface area contributed by atoms with Crippen molar-refractivity contribution < 1.29 is 14.6 Å². The predicted octanol–water partition coefficient (Wildman–Crippen LogP) is 4.43. The number of rotatable bonds is 6. The highest BCUT2D eigenvalue weighted by molar-refractivity contribution is 5.66. The number of carbonyl (C=O) groups is 1. The molecule has 1 aromatic carbocycles. The van der Waals surface area contributed by atoms with Gasteiger partial charge in [0, 0.05) is 32.4 Å². The Morgan fingerprint density at radius 3 is 2.66 bits per heavy atom. The molecule has 0 amide bonds. The van der Waals surface area contributed by atoms with Gasteiger partial charge in [0.15, 0.2) is 0 Å². The lowest BCUT2D eigenvalue weighted by molar-refractivity contribution is -0.159. The van der Waals surface area contributed by atoms with Gasteiger partial charge < -0.3 is 14.7 Å². The van der Waals surface area contributed by atoms with Gasteiger partial charge in [0.25, 0.3) is 0 Å². The average Bonchev–Trinajstić information content (AvgIpc) is 2.64. The standard InChI is InChI=1S/C25H37NO3/c1-17-13-23-22(18(2)15-26(5)16-21-9-7-6-8-10-21)12-11-19(3)25(23,28)14-24(17)29-20(4)27/h6-10,13,18-19,22-24,28H,11-12,14-16H2,1-5H3/t18?,19-,22+,23-,24-,25-/m1/s1. The number of esters is 1. The van der Waals surface area contributed by atoms with Crippen molar-refractivity contribution in [3.05, 3.63) is 47.5 Å². The van der Waals surface area contributed by atoms with Crippen molar-refractivity contribution in [1.29, 1.82) is 0 Å². The van der Waals surface area contributed by atoms with Crippen LogP contribution in [0.5, 0.6) is 0 Å². The van der Waals surface area contributed by atoms with Crippen LogP contribution in [0.4, 0.5) is 0 Å². The SMILES string of the molecule is CC(=O)O[C@@H]1C[C@@]2(O)[C@H](C)CC[C@@H](C(C)CN(C)Cc3ccccc3)[C@H]2C=C1C. The first kappa shape index (κ1) is 22.0. The van der Waals surface area contributed by atoms with E-state index in [0.717, 1.165) is 31.5 Å². The lowest BCUT2D eigenvalue weighted by Gasteiger charge is -2.53. The highest BCUT2D eigenvalue weighted by Crippen LogP contribution is 2.51. The lowest BCUT2D eigenvalue weighted by atomic mass is 9.57. The molecule has 1 aromatic rings. The first-order valence-electron chi connectivity index (χ1n) is 11.0. The number of fused-ring (bicyclic) bond motifs is 1. The summed E-state index contributed by atoms with van der Waals surface area (Å²) in [6.45, 7) is 9.89. The zero-order valence-electron chi connectivity index (χ0n) is 18.6. The molecule has 4 heteroatoms. The third-order valence-corrected chi connectivity index (χ3v) is 7.22. The molecule has 0 bridgehead atoms. The molecule has 3 rings (SSSR count). The summed E-state index contributed by atoms with van der Waals surface area (Å²) >= 11 is 0. The van der Waals surface area contributed by atoms with Crippen LogP contribution in [0.2, 0.25) is 0 Å². The van der Waals surface area contributed by atoms with Gasteiger partial charge in [-0.15, -0.1) is 0 Å². The van der Waals surface area contributed by atoms with Crippen molar-refractivity contribution in [3.8, 4) is 0 Å². The molecule has 6 atom stereocenters. The molecule has 2 aliphatic rings. The van der Waals surface area contributed by atoms with Crippen molar-refractivity contribution in [3.63, 3.8) is 0 Å². The second-order valence-electron chi connectivity index (χ2n) is 9.53. The fourth-order valence-electron chi connectivity index (χ4n) is 5.58. The summed E-state index contributed by atoms with van der Waals surface area (Å²) in [5, 5.41) is 11.7. The fraction of sp³-hybridized carbons (Fsp3) is 0.640. The maximum Gasteiger partial charge on any atom is 0.303 e. The number of hydrogen-bond donors (Lipinski definition) is 1. The van der Waals surface area contributed by atoms with Gasteiger partial charge in [0.1, 0.15) is 6.10 Å². The highest BCUT2D eigenvalue weighted by Gasteiger charge is 2.52. The zero-order chi connectivity index (χ0) is 21.2. The molecular formula is C25H37NO3. The normalized spacial score (nSPS) is 33.0. The Hall–Kier alpha value is -1.65. The molecule has 0 saturated heterocycles. The Balaban J connectivity index is 1.73. The van der Waals surface area contributed by atoms with Gasteiger partial charge in [-0.25, -0.2) is 0 Å². The number of carbonyl (C=O) groups excluding carboxylic acids is 1. The minimum atomic E-state index is -0.797. The van der Waals surface area contributed by atoms with E-state index in [1.54, 1.807) is 0 Å². The highest BCUT2D eigenvalue weighted by atomic mass is 16.5. The van der Waals surface area contributed by atoms with E-state index < -0.39 is 5.60 Å². The molecule has 2 aliphatic carbocycles. The van der Waals surface area contributed by atoms with Gasteiger partial charge in [-0.3, -0.25) is 4.79 Å². The maximum absolute atomic E-state index is 11.7. The molecule has 29 heavy (non-hydrogen) atoms. The Kier molecular flexibility index (Phi) is 6.85. The summed E-state index contributed by atoms with van der Waals surface area (Å²) < 4.78 is 5.52. The largest absolute Gasteiger partial charge is 0.458 e. The van der Waals surface area contributed by atoms with Crippen LogP contribution < -0.4 is 0 Å². The summed E-state index contributed by atoms with van der Waals surface area (Å²) in [5.74, 6) is 0.962. The molecule has 1 N–H and O–H groups in total. The van der Waals surface area contributed by atoms with Crippen LogP contribution in [-0.2, 0) is 16.1 Å². The first-order valence-corrected chi connectivity index (χ1v) is 11.0. The van der Waals surface area contributed by atoms with E-state index in [1.165, 1.54) is 12.5 Å². The molecular weight excluding hydrogens is 362 g/mol. The van der Waals surface area contributed by atoms with E-state index in [4.69, 9.17) is 4.74 Å². The second-order valence-corrected chi connectivity index (χ2v) is 9.53. The van der Waals surface area contributed by atoms with Gasteiger partial charge in [-0.1, -0.05) is 50.3 Å². The van der Waals surface area contributed by atoms with E-state index in [-0.39, 0.29) is 23.9 Å². The van der Waals surface area contributed by atoms with Crippen LogP contribution in [-0.4, -0.2) is 41.3 Å². The van der Waals surface area contributed by atoms with Crippen molar-refractivity contribution in [1.82, 2.24) is 4.90 Å². The van der Waals surface area contributed by atoms with Crippen LogP contribution >= 0.6 is 0 Å². The third-order valence-electron chi connectivity index (χ3n) is 7.22. The van der Waals surface area contributed by atoms with Crippen molar-refractivity contribution in [2.45, 2.75) is 65.2 Å². The van der Waals surface area contributed by atoms with Gasteiger partial charge in [-0.2, -0.15) is 0 Å². The summed E-state index contributed by atoms with van der Waals surface area (Å²) in [6, 6.07) is 10.6. The topological polar surface area (TPSA) is 49.8 Å². The van der Waals surface area contributed by atoms with Gasteiger partial charge in [0.2, 0.25) is 0 Å². The average molecular weight is 400 g/mol. The predicted molar refractivity (Wildman–Crippen MR) is 116 cm³/mol. The molecule has 0 aromatic heterocycles. The molecule has 0 heterocycles. The maximum atomic E-state index is 11.7. The van der Waals surface area contributed by atoms with Crippen molar-refractivity contribution in [2.24, 2.45) is 23.7 Å². The quantitative estimate of drug-likeness (QED) is 0.568. The third kappa shape index (κ3) is 4.92. The fourth-order valence-corrected chi connectivity index (χ4v) is 5.58. The van der Waals surface area contributed by atoms with E-state index in [9.17, 15) is 9.90 Å². The Labute approximate surface area is 175 Å². The first-order chi connectivity index (χ1) is 13.7. The molecule has 1 unspecified atom stereocenters. The minimum absolute atomic E-state index is 0.123. The van der Waals surface area contributed by atoms with Gasteiger partial charge in [0.05, 0.1) is 5.60 Å². The molecule has 160 valence electrons. The molecule has 1 saturated carbocycles. The van der Waals surface area contributed by atoms with Crippen LogP contribution in [0.3, 0.4) is 0 Å². The summed E-state index contributed by atoms with van der Waals surface area (Å²) in [7, 11) is 2.18. The van der Waals surface area contributed by atoms with Crippen molar-refractivity contribution >= 4 is 5.97 Å². The Morgan fingerprint density at radius 1 is 1.31 bits per heavy atom. The minimum Gasteiger partial charge on any atom is -0.458 e. The summed E-state index contributed by atoms with van der Waals surface area (Å²) in [6.07, 6.45) is 4.58. The van der Waals surface area contributed by atoms with Gasteiger partial charge in [-0.05, 0) is 55.7 Å². The number of hydrogen-bond acceptors (Lipinski definition) is 4.